The Balaban J connectivity index is 1.63. The number of β-amino-alcohol motifs (C(OH)–C–C–N with tert-alkyl or cyclic N) is 1. The number of benzene rings is 1. The first-order chi connectivity index (χ1) is 18.1. The van der Waals surface area contributed by atoms with Gasteiger partial charge in [0.05, 0.1) is 52.5 Å². The van der Waals surface area contributed by atoms with Gasteiger partial charge in [0.1, 0.15) is 11.4 Å². The van der Waals surface area contributed by atoms with E-state index in [1.165, 1.54) is 28.9 Å². The molecule has 1 N–H and O–H groups in total. The summed E-state index contributed by atoms with van der Waals surface area (Å²) < 4.78 is 21.9. The number of aromatic nitrogens is 3. The average Bonchev–Trinajstić information content (AvgIpc) is 3.48. The van der Waals surface area contributed by atoms with Crippen LogP contribution >= 0.6 is 0 Å². The molecular formula is C27H27FN6O4. The summed E-state index contributed by atoms with van der Waals surface area (Å²) in [7, 11) is 0. The SMILES string of the molecule is CC(C)(C)OC(=O)N1Cc2nc(-c3c(F)cccc3C#N)cc(-n3ccc(N4CCC[C@@H](O)C4)n3)c2C1=O. The number of ether oxygens (including phenoxy) is 1. The molecule has 11 heteroatoms. The molecule has 0 spiro atoms. The quantitative estimate of drug-likeness (QED) is 0.555. The molecule has 5 rings (SSSR count). The van der Waals surface area contributed by atoms with Gasteiger partial charge in [-0.2, -0.15) is 10.4 Å². The van der Waals surface area contributed by atoms with Crippen molar-refractivity contribution in [3.05, 3.63) is 59.2 Å². The normalized spacial score (nSPS) is 17.4. The number of nitrogens with zero attached hydrogens (tertiary/aromatic N) is 6. The Hall–Kier alpha value is -4.30. The molecule has 1 saturated heterocycles. The van der Waals surface area contributed by atoms with Crippen LogP contribution in [0.25, 0.3) is 16.9 Å². The number of rotatable bonds is 3. The van der Waals surface area contributed by atoms with E-state index in [2.05, 4.69) is 10.1 Å². The summed E-state index contributed by atoms with van der Waals surface area (Å²) in [5.41, 5.74) is 0.0653. The predicted octanol–water partition coefficient (Wildman–Crippen LogP) is 3.80. The summed E-state index contributed by atoms with van der Waals surface area (Å²) in [6.45, 7) is 6.08. The van der Waals surface area contributed by atoms with Crippen molar-refractivity contribution in [3.8, 4) is 23.0 Å². The number of amides is 2. The van der Waals surface area contributed by atoms with Crippen molar-refractivity contribution in [3.63, 3.8) is 0 Å². The second kappa shape index (κ2) is 9.54. The number of fused-ring (bicyclic) bond motifs is 1. The van der Waals surface area contributed by atoms with Gasteiger partial charge in [-0.1, -0.05) is 6.07 Å². The molecule has 2 aliphatic rings. The van der Waals surface area contributed by atoms with Crippen molar-refractivity contribution in [2.45, 2.75) is 51.9 Å². The molecule has 3 aromatic rings. The van der Waals surface area contributed by atoms with Crippen molar-refractivity contribution in [1.29, 1.82) is 5.26 Å². The number of nitriles is 1. The molecule has 2 aliphatic heterocycles. The van der Waals surface area contributed by atoms with E-state index in [4.69, 9.17) is 4.74 Å². The molecule has 10 nitrogen and oxygen atoms in total. The van der Waals surface area contributed by atoms with Gasteiger partial charge in [-0.05, 0) is 51.8 Å². The molecule has 0 bridgehead atoms. The fourth-order valence-corrected chi connectivity index (χ4v) is 4.72. The van der Waals surface area contributed by atoms with Gasteiger partial charge in [-0.25, -0.2) is 23.8 Å². The number of piperidine rings is 1. The number of aliphatic hydroxyl groups is 1. The largest absolute Gasteiger partial charge is 0.443 e. The number of carbonyl (C=O) groups is 2. The Morgan fingerprint density at radius 3 is 2.76 bits per heavy atom. The van der Waals surface area contributed by atoms with Gasteiger partial charge in [-0.15, -0.1) is 0 Å². The molecule has 0 aliphatic carbocycles. The van der Waals surface area contributed by atoms with E-state index in [1.54, 1.807) is 33.0 Å². The van der Waals surface area contributed by atoms with Crippen LogP contribution in [0.5, 0.6) is 0 Å². The Morgan fingerprint density at radius 1 is 1.26 bits per heavy atom. The maximum Gasteiger partial charge on any atom is 0.417 e. The van der Waals surface area contributed by atoms with Gasteiger partial charge in [0.15, 0.2) is 5.82 Å². The van der Waals surface area contributed by atoms with Crippen molar-refractivity contribution in [2.75, 3.05) is 18.0 Å². The fourth-order valence-electron chi connectivity index (χ4n) is 4.72. The number of carbonyl (C=O) groups excluding carboxylic acids is 2. The number of aliphatic hydroxyl groups excluding tert-OH is 1. The summed E-state index contributed by atoms with van der Waals surface area (Å²) in [6, 6.07) is 9.40. The second-order valence-electron chi connectivity index (χ2n) is 10.4. The lowest BCUT2D eigenvalue weighted by Crippen LogP contribution is -2.38. The Morgan fingerprint density at radius 2 is 2.05 bits per heavy atom. The van der Waals surface area contributed by atoms with Gasteiger partial charge in [0.2, 0.25) is 0 Å². The highest BCUT2D eigenvalue weighted by Crippen LogP contribution is 2.34. The fraction of sp³-hybridized carbons (Fsp3) is 0.370. The third kappa shape index (κ3) is 4.70. The van der Waals surface area contributed by atoms with E-state index in [0.29, 0.717) is 12.4 Å². The number of hydrogen-bond donors (Lipinski definition) is 1. The highest BCUT2D eigenvalue weighted by atomic mass is 19.1. The summed E-state index contributed by atoms with van der Waals surface area (Å²) in [6.07, 6.45) is 1.92. The lowest BCUT2D eigenvalue weighted by Gasteiger charge is -2.29. The van der Waals surface area contributed by atoms with Crippen molar-refractivity contribution < 1.29 is 23.8 Å². The number of hydrogen-bond acceptors (Lipinski definition) is 8. The Labute approximate surface area is 218 Å². The van der Waals surface area contributed by atoms with E-state index < -0.39 is 29.5 Å². The van der Waals surface area contributed by atoms with Crippen LogP contribution < -0.4 is 4.90 Å². The Bertz CT molecular complexity index is 1470. The van der Waals surface area contributed by atoms with E-state index in [1.807, 2.05) is 11.0 Å². The van der Waals surface area contributed by atoms with Crippen LogP contribution in [0, 0.1) is 17.1 Å². The van der Waals surface area contributed by atoms with E-state index in [-0.39, 0.29) is 40.3 Å². The molecule has 196 valence electrons. The molecule has 0 saturated carbocycles. The van der Waals surface area contributed by atoms with Crippen LogP contribution in [-0.4, -0.2) is 61.6 Å². The minimum Gasteiger partial charge on any atom is -0.443 e. The number of halogens is 1. The first-order valence-corrected chi connectivity index (χ1v) is 12.3. The maximum atomic E-state index is 15.0. The van der Waals surface area contributed by atoms with E-state index >= 15 is 0 Å². The number of anilines is 1. The molecule has 1 atom stereocenters. The summed E-state index contributed by atoms with van der Waals surface area (Å²) in [5.74, 6) is -0.643. The van der Waals surface area contributed by atoms with Gasteiger partial charge < -0.3 is 14.7 Å². The molecule has 2 aromatic heterocycles. The van der Waals surface area contributed by atoms with Gasteiger partial charge in [-0.3, -0.25) is 4.79 Å². The van der Waals surface area contributed by atoms with Crippen molar-refractivity contribution in [1.82, 2.24) is 19.7 Å². The molecule has 2 amide bonds. The van der Waals surface area contributed by atoms with Crippen molar-refractivity contribution >= 4 is 17.8 Å². The predicted molar refractivity (Wildman–Crippen MR) is 135 cm³/mol. The molecule has 38 heavy (non-hydrogen) atoms. The highest BCUT2D eigenvalue weighted by molar-refractivity contribution is 6.08. The van der Waals surface area contributed by atoms with Crippen LogP contribution in [-0.2, 0) is 11.3 Å². The third-order valence-electron chi connectivity index (χ3n) is 6.39. The van der Waals surface area contributed by atoms with Gasteiger partial charge in [0, 0.05) is 25.4 Å². The molecule has 0 radical (unpaired) electrons. The summed E-state index contributed by atoms with van der Waals surface area (Å²) >= 11 is 0. The third-order valence-corrected chi connectivity index (χ3v) is 6.39. The molecule has 1 aromatic carbocycles. The smallest absolute Gasteiger partial charge is 0.417 e. The highest BCUT2D eigenvalue weighted by Gasteiger charge is 2.39. The molecular weight excluding hydrogens is 491 g/mol. The minimum absolute atomic E-state index is 0.00579. The van der Waals surface area contributed by atoms with Crippen LogP contribution in [0.1, 0.15) is 55.2 Å². The lowest BCUT2D eigenvalue weighted by atomic mass is 10.0. The minimum atomic E-state index is -0.821. The average molecular weight is 519 g/mol. The zero-order valence-corrected chi connectivity index (χ0v) is 21.3. The van der Waals surface area contributed by atoms with Gasteiger partial charge >= 0.3 is 6.09 Å². The summed E-state index contributed by atoms with van der Waals surface area (Å²) in [4.78, 5) is 33.7. The molecule has 4 heterocycles. The first kappa shape index (κ1) is 25.4. The van der Waals surface area contributed by atoms with Crippen LogP contribution in [0.3, 0.4) is 0 Å². The molecule has 1 fully saturated rings. The van der Waals surface area contributed by atoms with Crippen LogP contribution in [0.15, 0.2) is 36.5 Å². The molecule has 0 unspecified atom stereocenters. The number of imide groups is 1. The van der Waals surface area contributed by atoms with Crippen LogP contribution in [0.2, 0.25) is 0 Å². The van der Waals surface area contributed by atoms with E-state index in [0.717, 1.165) is 24.3 Å². The number of pyridine rings is 1. The summed E-state index contributed by atoms with van der Waals surface area (Å²) in [5, 5.41) is 24.3. The topological polar surface area (TPSA) is 125 Å². The second-order valence-corrected chi connectivity index (χ2v) is 10.4. The lowest BCUT2D eigenvalue weighted by molar-refractivity contribution is 0.0247. The van der Waals surface area contributed by atoms with Crippen molar-refractivity contribution in [2.24, 2.45) is 0 Å². The monoisotopic (exact) mass is 518 g/mol. The zero-order valence-electron chi connectivity index (χ0n) is 21.3. The first-order valence-electron chi connectivity index (χ1n) is 12.3. The zero-order chi connectivity index (χ0) is 27.2. The standard InChI is InChI=1S/C27H27FN6O4/c1-27(2,3)38-26(37)33-15-20-24(25(33)36)21(12-19(30-20)23-16(13-29)6-4-8-18(23)28)34-11-9-22(31-34)32-10-5-7-17(35)14-32/h4,6,8-9,11-12,17,35H,5,7,10,14-15H2,1-3H3/t17-/m1/s1. The Kier molecular flexibility index (Phi) is 6.36. The van der Waals surface area contributed by atoms with E-state index in [9.17, 15) is 24.3 Å². The van der Waals surface area contributed by atoms with Gasteiger partial charge in [0.25, 0.3) is 5.91 Å². The maximum absolute atomic E-state index is 15.0. The van der Waals surface area contributed by atoms with Crippen LogP contribution in [0.4, 0.5) is 15.0 Å².